The summed E-state index contributed by atoms with van der Waals surface area (Å²) in [4.78, 5) is 18.8. The Morgan fingerprint density at radius 3 is 2.63 bits per heavy atom. The van der Waals surface area contributed by atoms with E-state index in [1.807, 2.05) is 0 Å². The number of H-pyrrole nitrogens is 2. The molecular formula is C27H30N6O2. The van der Waals surface area contributed by atoms with Crippen molar-refractivity contribution >= 4 is 21.9 Å². The second kappa shape index (κ2) is 8.67. The lowest BCUT2D eigenvalue weighted by molar-refractivity contribution is 0.0851. The average Bonchev–Trinajstić information content (AvgIpc) is 3.52. The molecule has 0 atom stereocenters. The third-order valence-corrected chi connectivity index (χ3v) is 7.26. The number of nitriles is 1. The molecule has 35 heavy (non-hydrogen) atoms. The van der Waals surface area contributed by atoms with Crippen LogP contribution >= 0.6 is 0 Å². The minimum Gasteiger partial charge on any atom is -0.480 e. The van der Waals surface area contributed by atoms with Gasteiger partial charge in [-0.1, -0.05) is 0 Å². The molecule has 6 rings (SSSR count). The molecule has 2 aliphatic rings. The van der Waals surface area contributed by atoms with Crippen LogP contribution in [0.3, 0.4) is 0 Å². The summed E-state index contributed by atoms with van der Waals surface area (Å²) in [7, 11) is 5.82. The summed E-state index contributed by atoms with van der Waals surface area (Å²) in [6, 6.07) is 6.88. The first-order valence-electron chi connectivity index (χ1n) is 12.3. The van der Waals surface area contributed by atoms with Gasteiger partial charge in [0, 0.05) is 43.0 Å². The number of hydrogen-bond donors (Lipinski definition) is 2. The van der Waals surface area contributed by atoms with Crippen LogP contribution < -0.4 is 4.74 Å². The van der Waals surface area contributed by atoms with Crippen molar-refractivity contribution in [1.29, 1.82) is 5.26 Å². The third-order valence-electron chi connectivity index (χ3n) is 7.26. The van der Waals surface area contributed by atoms with Crippen molar-refractivity contribution in [3.05, 3.63) is 40.7 Å². The van der Waals surface area contributed by atoms with Crippen LogP contribution in [0.5, 0.6) is 5.88 Å². The smallest absolute Gasteiger partial charge is 0.226 e. The minimum absolute atomic E-state index is 0.419. The normalized spacial score (nSPS) is 16.9. The first-order valence-corrected chi connectivity index (χ1v) is 12.3. The standard InChI is InChI=1S/C27H30N6O2/c1-33(2)14-17-10-21-22(11-18(17)15-6-8-35-9-7-15)31-26(30-21)23-25-20(13-29-27(23)34-3)19(12-28)24(32-25)16-4-5-16/h10-11,13,15-16,32H,4-9,14H2,1-3H3,(H,30,31). The molecule has 1 saturated heterocycles. The molecule has 0 spiro atoms. The van der Waals surface area contributed by atoms with E-state index in [0.29, 0.717) is 29.1 Å². The fourth-order valence-electron chi connectivity index (χ4n) is 5.43. The summed E-state index contributed by atoms with van der Waals surface area (Å²) < 4.78 is 11.3. The van der Waals surface area contributed by atoms with E-state index in [0.717, 1.165) is 78.6 Å². The Bertz CT molecular complexity index is 1450. The number of methoxy groups -OCH3 is 1. The summed E-state index contributed by atoms with van der Waals surface area (Å²) in [5.41, 5.74) is 7.90. The topological polar surface area (TPSA) is 103 Å². The molecule has 0 unspecified atom stereocenters. The Kier molecular flexibility index (Phi) is 5.47. The molecule has 8 nitrogen and oxygen atoms in total. The van der Waals surface area contributed by atoms with Crippen molar-refractivity contribution in [2.75, 3.05) is 34.4 Å². The Hall–Kier alpha value is -3.41. The van der Waals surface area contributed by atoms with E-state index in [9.17, 15) is 5.26 Å². The van der Waals surface area contributed by atoms with Gasteiger partial charge in [0.05, 0.1) is 29.2 Å². The molecule has 2 fully saturated rings. The quantitative estimate of drug-likeness (QED) is 0.419. The number of rotatable bonds is 6. The predicted octanol–water partition coefficient (Wildman–Crippen LogP) is 4.82. The van der Waals surface area contributed by atoms with Gasteiger partial charge in [-0.2, -0.15) is 5.26 Å². The van der Waals surface area contributed by atoms with Crippen LogP contribution in [-0.4, -0.2) is 59.3 Å². The average molecular weight is 471 g/mol. The van der Waals surface area contributed by atoms with Gasteiger partial charge in [0.15, 0.2) is 0 Å². The largest absolute Gasteiger partial charge is 0.480 e. The van der Waals surface area contributed by atoms with E-state index in [4.69, 9.17) is 14.5 Å². The van der Waals surface area contributed by atoms with Crippen molar-refractivity contribution in [2.45, 2.75) is 44.1 Å². The number of fused-ring (bicyclic) bond motifs is 2. The number of aromatic amines is 2. The zero-order valence-corrected chi connectivity index (χ0v) is 20.4. The van der Waals surface area contributed by atoms with Gasteiger partial charge in [0.2, 0.25) is 5.88 Å². The van der Waals surface area contributed by atoms with Gasteiger partial charge in [-0.15, -0.1) is 0 Å². The van der Waals surface area contributed by atoms with Gasteiger partial charge in [-0.3, -0.25) is 0 Å². The predicted molar refractivity (Wildman–Crippen MR) is 135 cm³/mol. The molecule has 2 N–H and O–H groups in total. The van der Waals surface area contributed by atoms with Gasteiger partial charge in [0.1, 0.15) is 17.5 Å². The third kappa shape index (κ3) is 3.85. The van der Waals surface area contributed by atoms with Crippen molar-refractivity contribution in [3.8, 4) is 23.3 Å². The van der Waals surface area contributed by atoms with Crippen LogP contribution in [0.15, 0.2) is 18.3 Å². The molecule has 8 heteroatoms. The second-order valence-corrected chi connectivity index (χ2v) is 10.0. The molecule has 1 aromatic carbocycles. The molecule has 4 aromatic rings. The van der Waals surface area contributed by atoms with Crippen LogP contribution in [0.2, 0.25) is 0 Å². The lowest BCUT2D eigenvalue weighted by atomic mass is 9.87. The number of nitrogens with one attached hydrogen (secondary N) is 2. The molecule has 0 amide bonds. The Morgan fingerprint density at radius 1 is 1.14 bits per heavy atom. The van der Waals surface area contributed by atoms with E-state index in [1.165, 1.54) is 11.1 Å². The SMILES string of the molecule is COc1ncc2c(C#N)c(C3CC3)[nH]c2c1-c1nc2cc(CN(C)C)c(C3CCOCC3)cc2[nH]1. The van der Waals surface area contributed by atoms with Crippen LogP contribution in [0, 0.1) is 11.3 Å². The molecule has 4 heterocycles. The lowest BCUT2D eigenvalue weighted by Gasteiger charge is -2.25. The molecule has 0 bridgehead atoms. The van der Waals surface area contributed by atoms with E-state index in [-0.39, 0.29) is 0 Å². The number of ether oxygens (including phenoxy) is 2. The molecule has 180 valence electrons. The molecule has 1 saturated carbocycles. The summed E-state index contributed by atoms with van der Waals surface area (Å²) in [5.74, 6) is 2.09. The van der Waals surface area contributed by atoms with Crippen LogP contribution in [0.4, 0.5) is 0 Å². The number of nitrogens with zero attached hydrogens (tertiary/aromatic N) is 4. The van der Waals surface area contributed by atoms with Gasteiger partial charge in [-0.05, 0) is 69.0 Å². The van der Waals surface area contributed by atoms with E-state index in [2.05, 4.69) is 52.1 Å². The Balaban J connectivity index is 1.53. The number of benzene rings is 1. The maximum absolute atomic E-state index is 9.88. The first kappa shape index (κ1) is 22.1. The van der Waals surface area contributed by atoms with Crippen molar-refractivity contribution in [3.63, 3.8) is 0 Å². The van der Waals surface area contributed by atoms with E-state index >= 15 is 0 Å². The zero-order chi connectivity index (χ0) is 24.1. The Morgan fingerprint density at radius 2 is 1.94 bits per heavy atom. The highest BCUT2D eigenvalue weighted by Crippen LogP contribution is 2.45. The maximum atomic E-state index is 9.88. The fourth-order valence-corrected chi connectivity index (χ4v) is 5.43. The van der Waals surface area contributed by atoms with Gasteiger partial charge >= 0.3 is 0 Å². The summed E-state index contributed by atoms with van der Waals surface area (Å²) in [5, 5.41) is 10.7. The highest BCUT2D eigenvalue weighted by atomic mass is 16.5. The second-order valence-electron chi connectivity index (χ2n) is 10.0. The van der Waals surface area contributed by atoms with Gasteiger partial charge in [0.25, 0.3) is 0 Å². The zero-order valence-electron chi connectivity index (χ0n) is 20.4. The van der Waals surface area contributed by atoms with Crippen LogP contribution in [-0.2, 0) is 11.3 Å². The number of hydrogen-bond acceptors (Lipinski definition) is 6. The summed E-state index contributed by atoms with van der Waals surface area (Å²) in [6.07, 6.45) is 6.02. The Labute approximate surface area is 204 Å². The van der Waals surface area contributed by atoms with Gasteiger partial charge < -0.3 is 24.3 Å². The molecule has 3 aromatic heterocycles. The van der Waals surface area contributed by atoms with Gasteiger partial charge in [-0.25, -0.2) is 9.97 Å². The molecule has 1 aliphatic heterocycles. The lowest BCUT2D eigenvalue weighted by Crippen LogP contribution is -2.18. The minimum atomic E-state index is 0.419. The monoisotopic (exact) mass is 470 g/mol. The van der Waals surface area contributed by atoms with E-state index < -0.39 is 0 Å². The molecular weight excluding hydrogens is 440 g/mol. The molecule has 0 radical (unpaired) electrons. The number of imidazole rings is 1. The van der Waals surface area contributed by atoms with E-state index in [1.54, 1.807) is 13.3 Å². The maximum Gasteiger partial charge on any atom is 0.226 e. The first-order chi connectivity index (χ1) is 17.1. The number of aromatic nitrogens is 4. The van der Waals surface area contributed by atoms with Crippen LogP contribution in [0.1, 0.15) is 59.9 Å². The highest BCUT2D eigenvalue weighted by molar-refractivity contribution is 5.99. The van der Waals surface area contributed by atoms with Crippen LogP contribution in [0.25, 0.3) is 33.3 Å². The summed E-state index contributed by atoms with van der Waals surface area (Å²) >= 11 is 0. The van der Waals surface area contributed by atoms with Crippen molar-refractivity contribution in [1.82, 2.24) is 24.8 Å². The molecule has 1 aliphatic carbocycles. The summed E-state index contributed by atoms with van der Waals surface area (Å²) in [6.45, 7) is 2.47. The number of pyridine rings is 1. The highest BCUT2D eigenvalue weighted by Gasteiger charge is 2.31. The van der Waals surface area contributed by atoms with Crippen molar-refractivity contribution < 1.29 is 9.47 Å². The fraction of sp³-hybridized carbons (Fsp3) is 0.444. The van der Waals surface area contributed by atoms with Crippen molar-refractivity contribution in [2.24, 2.45) is 0 Å².